The summed E-state index contributed by atoms with van der Waals surface area (Å²) in [5.74, 6) is 0.805. The lowest BCUT2D eigenvalue weighted by atomic mass is 10.1. The molecular weight excluding hydrogens is 278 g/mol. The largest absolute Gasteiger partial charge is 0.192 e. The summed E-state index contributed by atoms with van der Waals surface area (Å²) in [6.07, 6.45) is 1.63. The maximum Gasteiger partial charge on any atom is 0.137 e. The lowest BCUT2D eigenvalue weighted by Crippen LogP contribution is -2.04. The number of benzene rings is 1. The van der Waals surface area contributed by atoms with E-state index in [-0.39, 0.29) is 0 Å². The van der Waals surface area contributed by atoms with Crippen molar-refractivity contribution in [2.45, 2.75) is 44.4 Å². The number of thioether (sulfide) groups is 1. The standard InChI is InChI=1S/C17H19N3S/c1-4-14-15(10-18)17(20-19-16(14)5-2)21-11-13-8-6-7-12(3)9-13/h6-9H,4-5,11H2,1-3H3. The molecule has 0 saturated carbocycles. The second kappa shape index (κ2) is 7.24. The monoisotopic (exact) mass is 297 g/mol. The summed E-state index contributed by atoms with van der Waals surface area (Å²) in [5, 5.41) is 18.7. The Morgan fingerprint density at radius 1 is 1.19 bits per heavy atom. The van der Waals surface area contributed by atoms with E-state index in [9.17, 15) is 5.26 Å². The van der Waals surface area contributed by atoms with E-state index in [1.807, 2.05) is 6.92 Å². The molecule has 0 aliphatic heterocycles. The van der Waals surface area contributed by atoms with Gasteiger partial charge in [-0.15, -0.1) is 5.10 Å². The SMILES string of the molecule is CCc1nnc(SCc2cccc(C)c2)c(C#N)c1CC. The van der Waals surface area contributed by atoms with Crippen LogP contribution in [0.15, 0.2) is 29.3 Å². The quantitative estimate of drug-likeness (QED) is 0.780. The van der Waals surface area contributed by atoms with Crippen molar-refractivity contribution in [2.75, 3.05) is 0 Å². The molecule has 0 spiro atoms. The van der Waals surface area contributed by atoms with Gasteiger partial charge in [-0.2, -0.15) is 10.4 Å². The second-order valence-electron chi connectivity index (χ2n) is 4.90. The fourth-order valence-corrected chi connectivity index (χ4v) is 3.22. The maximum absolute atomic E-state index is 9.46. The van der Waals surface area contributed by atoms with Gasteiger partial charge in [0.15, 0.2) is 0 Å². The van der Waals surface area contributed by atoms with Crippen LogP contribution in [0.1, 0.15) is 41.8 Å². The molecule has 1 aromatic carbocycles. The summed E-state index contributed by atoms with van der Waals surface area (Å²) in [6.45, 7) is 6.19. The molecule has 21 heavy (non-hydrogen) atoms. The van der Waals surface area contributed by atoms with Crippen LogP contribution in [0, 0.1) is 18.3 Å². The number of aryl methyl sites for hydroxylation is 2. The number of nitriles is 1. The first-order chi connectivity index (χ1) is 10.2. The Kier molecular flexibility index (Phi) is 5.35. The summed E-state index contributed by atoms with van der Waals surface area (Å²) >= 11 is 1.59. The highest BCUT2D eigenvalue weighted by atomic mass is 32.2. The molecule has 1 aromatic heterocycles. The minimum atomic E-state index is 0.696. The minimum absolute atomic E-state index is 0.696. The van der Waals surface area contributed by atoms with Gasteiger partial charge in [-0.1, -0.05) is 55.4 Å². The van der Waals surface area contributed by atoms with Gasteiger partial charge in [0.1, 0.15) is 11.1 Å². The van der Waals surface area contributed by atoms with Crippen LogP contribution >= 0.6 is 11.8 Å². The Morgan fingerprint density at radius 3 is 2.62 bits per heavy atom. The predicted molar refractivity (Wildman–Crippen MR) is 86.2 cm³/mol. The topological polar surface area (TPSA) is 49.6 Å². The van der Waals surface area contributed by atoms with Gasteiger partial charge in [-0.3, -0.25) is 0 Å². The van der Waals surface area contributed by atoms with E-state index < -0.39 is 0 Å². The Bertz CT molecular complexity index is 674. The van der Waals surface area contributed by atoms with Crippen molar-refractivity contribution < 1.29 is 0 Å². The molecule has 0 amide bonds. The van der Waals surface area contributed by atoms with E-state index in [1.165, 1.54) is 11.1 Å². The Hall–Kier alpha value is -1.86. The molecule has 2 aromatic rings. The van der Waals surface area contributed by atoms with Gasteiger partial charge in [0.25, 0.3) is 0 Å². The average molecular weight is 297 g/mol. The van der Waals surface area contributed by atoms with Crippen molar-refractivity contribution in [2.24, 2.45) is 0 Å². The van der Waals surface area contributed by atoms with Gasteiger partial charge in [0.05, 0.1) is 11.3 Å². The third kappa shape index (κ3) is 3.62. The first-order valence-electron chi connectivity index (χ1n) is 7.16. The molecule has 0 aliphatic carbocycles. The summed E-state index contributed by atoms with van der Waals surface area (Å²) < 4.78 is 0. The van der Waals surface area contributed by atoms with Crippen molar-refractivity contribution in [1.29, 1.82) is 5.26 Å². The van der Waals surface area contributed by atoms with Gasteiger partial charge in [-0.25, -0.2) is 0 Å². The van der Waals surface area contributed by atoms with Gasteiger partial charge in [-0.05, 0) is 30.9 Å². The Labute approximate surface area is 130 Å². The molecule has 0 aliphatic rings. The molecule has 0 radical (unpaired) electrons. The van der Waals surface area contributed by atoms with Crippen molar-refractivity contribution in [3.05, 3.63) is 52.2 Å². The molecule has 0 unspecified atom stereocenters. The minimum Gasteiger partial charge on any atom is -0.192 e. The third-order valence-corrected chi connectivity index (χ3v) is 4.42. The van der Waals surface area contributed by atoms with Crippen molar-refractivity contribution >= 4 is 11.8 Å². The zero-order valence-corrected chi connectivity index (χ0v) is 13.5. The molecule has 0 atom stereocenters. The van der Waals surface area contributed by atoms with Crippen LogP contribution in [-0.2, 0) is 18.6 Å². The maximum atomic E-state index is 9.46. The summed E-state index contributed by atoms with van der Waals surface area (Å²) in [6, 6.07) is 10.7. The predicted octanol–water partition coefficient (Wildman–Crippen LogP) is 4.07. The molecule has 2 rings (SSSR count). The Morgan fingerprint density at radius 2 is 2.00 bits per heavy atom. The van der Waals surface area contributed by atoms with E-state index in [2.05, 4.69) is 54.4 Å². The molecule has 0 saturated heterocycles. The number of hydrogen-bond acceptors (Lipinski definition) is 4. The summed E-state index contributed by atoms with van der Waals surface area (Å²) in [5.41, 5.74) is 5.16. The highest BCUT2D eigenvalue weighted by molar-refractivity contribution is 7.98. The van der Waals surface area contributed by atoms with Crippen molar-refractivity contribution in [3.8, 4) is 6.07 Å². The normalized spacial score (nSPS) is 10.4. The first kappa shape index (κ1) is 15.5. The molecule has 108 valence electrons. The lowest BCUT2D eigenvalue weighted by molar-refractivity contribution is 0.817. The Balaban J connectivity index is 2.26. The average Bonchev–Trinajstić information content (AvgIpc) is 2.51. The van der Waals surface area contributed by atoms with Crippen molar-refractivity contribution in [1.82, 2.24) is 10.2 Å². The molecule has 0 bridgehead atoms. The number of hydrogen-bond donors (Lipinski definition) is 0. The lowest BCUT2D eigenvalue weighted by Gasteiger charge is -2.10. The van der Waals surface area contributed by atoms with E-state index in [0.717, 1.165) is 34.9 Å². The van der Waals surface area contributed by atoms with Crippen LogP contribution in [0.2, 0.25) is 0 Å². The van der Waals surface area contributed by atoms with Crippen molar-refractivity contribution in [3.63, 3.8) is 0 Å². The smallest absolute Gasteiger partial charge is 0.137 e. The third-order valence-electron chi connectivity index (χ3n) is 3.38. The van der Waals surface area contributed by atoms with Gasteiger partial charge in [0.2, 0.25) is 0 Å². The highest BCUT2D eigenvalue weighted by Crippen LogP contribution is 2.27. The number of rotatable bonds is 5. The number of nitrogens with zero attached hydrogens (tertiary/aromatic N) is 3. The van der Waals surface area contributed by atoms with Crippen LogP contribution in [0.4, 0.5) is 0 Å². The fraction of sp³-hybridized carbons (Fsp3) is 0.353. The molecule has 3 nitrogen and oxygen atoms in total. The van der Waals surface area contributed by atoms with Crippen LogP contribution < -0.4 is 0 Å². The molecule has 0 fully saturated rings. The van der Waals surface area contributed by atoms with Crippen LogP contribution in [0.25, 0.3) is 0 Å². The van der Waals surface area contributed by atoms with E-state index >= 15 is 0 Å². The summed E-state index contributed by atoms with van der Waals surface area (Å²) in [7, 11) is 0. The highest BCUT2D eigenvalue weighted by Gasteiger charge is 2.14. The molecule has 4 heteroatoms. The summed E-state index contributed by atoms with van der Waals surface area (Å²) in [4.78, 5) is 0. The van der Waals surface area contributed by atoms with Gasteiger partial charge < -0.3 is 0 Å². The fourth-order valence-electron chi connectivity index (χ4n) is 2.32. The van der Waals surface area contributed by atoms with E-state index in [0.29, 0.717) is 5.56 Å². The number of aromatic nitrogens is 2. The van der Waals surface area contributed by atoms with E-state index in [4.69, 9.17) is 0 Å². The van der Waals surface area contributed by atoms with Crippen LogP contribution in [0.5, 0.6) is 0 Å². The molecule has 1 heterocycles. The first-order valence-corrected chi connectivity index (χ1v) is 8.15. The second-order valence-corrected chi connectivity index (χ2v) is 5.87. The van der Waals surface area contributed by atoms with Crippen LogP contribution in [0.3, 0.4) is 0 Å². The molecule has 0 N–H and O–H groups in total. The zero-order valence-electron chi connectivity index (χ0n) is 12.7. The van der Waals surface area contributed by atoms with Gasteiger partial charge >= 0.3 is 0 Å². The molecular formula is C17H19N3S. The van der Waals surface area contributed by atoms with Crippen LogP contribution in [-0.4, -0.2) is 10.2 Å². The van der Waals surface area contributed by atoms with Gasteiger partial charge in [0, 0.05) is 5.75 Å². The van der Waals surface area contributed by atoms with E-state index in [1.54, 1.807) is 11.8 Å². The zero-order chi connectivity index (χ0) is 15.2.